The van der Waals surface area contributed by atoms with Gasteiger partial charge < -0.3 is 5.32 Å². The van der Waals surface area contributed by atoms with Crippen LogP contribution in [0, 0.1) is 0 Å². The van der Waals surface area contributed by atoms with Gasteiger partial charge in [0.05, 0.1) is 0 Å². The first-order chi connectivity index (χ1) is 8.34. The second kappa shape index (κ2) is 6.80. The summed E-state index contributed by atoms with van der Waals surface area (Å²) in [5.74, 6) is 0. The van der Waals surface area contributed by atoms with Gasteiger partial charge in [0, 0.05) is 24.7 Å². The van der Waals surface area contributed by atoms with Crippen LogP contribution in [0.3, 0.4) is 0 Å². The molecule has 1 heterocycles. The van der Waals surface area contributed by atoms with Crippen LogP contribution < -0.4 is 5.32 Å². The van der Waals surface area contributed by atoms with Crippen LogP contribution in [0.15, 0.2) is 30.3 Å². The van der Waals surface area contributed by atoms with Gasteiger partial charge in [0.25, 0.3) is 0 Å². The van der Waals surface area contributed by atoms with E-state index in [2.05, 4.69) is 22.4 Å². The molecule has 2 rings (SSSR count). The maximum atomic E-state index is 5.85. The van der Waals surface area contributed by atoms with Crippen LogP contribution in [0.2, 0.25) is 5.02 Å². The molecular weight excluding hydrogens is 232 g/mol. The lowest BCUT2D eigenvalue weighted by Crippen LogP contribution is -2.28. The predicted molar refractivity (Wildman–Crippen MR) is 74.4 cm³/mol. The van der Waals surface area contributed by atoms with E-state index in [-0.39, 0.29) is 0 Å². The molecule has 0 saturated carbocycles. The highest BCUT2D eigenvalue weighted by Gasteiger charge is 2.05. The van der Waals surface area contributed by atoms with Crippen LogP contribution in [0.25, 0.3) is 6.08 Å². The molecule has 0 spiro atoms. The number of rotatable bonds is 3. The molecule has 0 bridgehead atoms. The Morgan fingerprint density at radius 3 is 2.82 bits per heavy atom. The molecule has 1 saturated heterocycles. The third kappa shape index (κ3) is 4.50. The van der Waals surface area contributed by atoms with Gasteiger partial charge >= 0.3 is 0 Å². The highest BCUT2D eigenvalue weighted by Crippen LogP contribution is 2.10. The van der Waals surface area contributed by atoms with Crippen LogP contribution in [0.5, 0.6) is 0 Å². The van der Waals surface area contributed by atoms with E-state index < -0.39 is 0 Å². The van der Waals surface area contributed by atoms with E-state index in [1.807, 2.05) is 24.3 Å². The van der Waals surface area contributed by atoms with Crippen molar-refractivity contribution < 1.29 is 0 Å². The first-order valence-corrected chi connectivity index (χ1v) is 6.57. The Morgan fingerprint density at radius 1 is 1.18 bits per heavy atom. The van der Waals surface area contributed by atoms with Gasteiger partial charge in [0.1, 0.15) is 0 Å². The number of halogens is 1. The molecule has 2 nitrogen and oxygen atoms in total. The summed E-state index contributed by atoms with van der Waals surface area (Å²) in [6.07, 6.45) is 5.64. The van der Waals surface area contributed by atoms with Crippen molar-refractivity contribution in [2.24, 2.45) is 0 Å². The van der Waals surface area contributed by atoms with E-state index in [0.717, 1.165) is 31.2 Å². The second-order valence-electron chi connectivity index (χ2n) is 4.36. The van der Waals surface area contributed by atoms with Crippen molar-refractivity contribution in [3.8, 4) is 0 Å². The van der Waals surface area contributed by atoms with Crippen molar-refractivity contribution in [3.05, 3.63) is 40.9 Å². The summed E-state index contributed by atoms with van der Waals surface area (Å²) in [5, 5.41) is 4.20. The van der Waals surface area contributed by atoms with E-state index in [1.54, 1.807) is 0 Å². The lowest BCUT2D eigenvalue weighted by molar-refractivity contribution is 0.324. The maximum Gasteiger partial charge on any atom is 0.0406 e. The summed E-state index contributed by atoms with van der Waals surface area (Å²) >= 11 is 5.85. The van der Waals surface area contributed by atoms with Crippen molar-refractivity contribution in [2.45, 2.75) is 6.42 Å². The van der Waals surface area contributed by atoms with Gasteiger partial charge in [-0.15, -0.1) is 0 Å². The fraction of sp³-hybridized carbons (Fsp3) is 0.429. The molecule has 0 aromatic heterocycles. The average molecular weight is 251 g/mol. The molecule has 17 heavy (non-hydrogen) atoms. The van der Waals surface area contributed by atoms with Gasteiger partial charge in [0.15, 0.2) is 0 Å². The number of nitrogens with zero attached hydrogens (tertiary/aromatic N) is 1. The molecule has 1 aromatic carbocycles. The molecule has 0 aliphatic carbocycles. The van der Waals surface area contributed by atoms with Crippen LogP contribution in [0.4, 0.5) is 0 Å². The first kappa shape index (κ1) is 12.6. The Morgan fingerprint density at radius 2 is 2.00 bits per heavy atom. The summed E-state index contributed by atoms with van der Waals surface area (Å²) in [6, 6.07) is 7.94. The fourth-order valence-corrected chi connectivity index (χ4v) is 2.12. The molecule has 1 N–H and O–H groups in total. The van der Waals surface area contributed by atoms with Gasteiger partial charge in [0.2, 0.25) is 0 Å². The van der Waals surface area contributed by atoms with E-state index >= 15 is 0 Å². The quantitative estimate of drug-likeness (QED) is 0.887. The lowest BCUT2D eigenvalue weighted by atomic mass is 10.2. The lowest BCUT2D eigenvalue weighted by Gasteiger charge is -2.16. The number of hydrogen-bond donors (Lipinski definition) is 1. The minimum absolute atomic E-state index is 0.792. The van der Waals surface area contributed by atoms with Gasteiger partial charge in [-0.1, -0.05) is 35.9 Å². The molecule has 1 aromatic rings. The van der Waals surface area contributed by atoms with Crippen molar-refractivity contribution in [2.75, 3.05) is 32.7 Å². The summed E-state index contributed by atoms with van der Waals surface area (Å²) in [7, 11) is 0. The van der Waals surface area contributed by atoms with Crippen LogP contribution in [-0.2, 0) is 0 Å². The molecular formula is C14H19ClN2. The smallest absolute Gasteiger partial charge is 0.0406 e. The minimum atomic E-state index is 0.792. The van der Waals surface area contributed by atoms with E-state index in [9.17, 15) is 0 Å². The summed E-state index contributed by atoms with van der Waals surface area (Å²) in [4.78, 5) is 2.48. The molecule has 0 radical (unpaired) electrons. The van der Waals surface area contributed by atoms with Crippen molar-refractivity contribution in [3.63, 3.8) is 0 Å². The van der Waals surface area contributed by atoms with Crippen LogP contribution in [0.1, 0.15) is 12.0 Å². The summed E-state index contributed by atoms with van der Waals surface area (Å²) < 4.78 is 0. The summed E-state index contributed by atoms with van der Waals surface area (Å²) in [5.41, 5.74) is 1.21. The Bertz CT molecular complexity index is 351. The topological polar surface area (TPSA) is 15.3 Å². The second-order valence-corrected chi connectivity index (χ2v) is 4.79. The monoisotopic (exact) mass is 250 g/mol. The van der Waals surface area contributed by atoms with Gasteiger partial charge in [-0.25, -0.2) is 0 Å². The van der Waals surface area contributed by atoms with Crippen molar-refractivity contribution in [1.82, 2.24) is 10.2 Å². The van der Waals surface area contributed by atoms with E-state index in [0.29, 0.717) is 0 Å². The Kier molecular flexibility index (Phi) is 5.05. The minimum Gasteiger partial charge on any atom is -0.315 e. The third-order valence-electron chi connectivity index (χ3n) is 2.98. The zero-order valence-corrected chi connectivity index (χ0v) is 10.8. The molecule has 0 atom stereocenters. The normalized spacial score (nSPS) is 18.4. The Labute approximate surface area is 108 Å². The highest BCUT2D eigenvalue weighted by atomic mass is 35.5. The standard InChI is InChI=1S/C14H19ClN2/c15-14-6-4-13(5-7-14)3-1-10-17-11-2-8-16-9-12-17/h1,3-7,16H,2,8-12H2/b3-1+. The zero-order valence-electron chi connectivity index (χ0n) is 10.0. The molecule has 3 heteroatoms. The SMILES string of the molecule is Clc1ccc(/C=C/CN2CCCNCC2)cc1. The van der Waals surface area contributed by atoms with Gasteiger partial charge in [-0.2, -0.15) is 0 Å². The Balaban J connectivity index is 1.82. The molecule has 1 fully saturated rings. The third-order valence-corrected chi connectivity index (χ3v) is 3.23. The highest BCUT2D eigenvalue weighted by molar-refractivity contribution is 6.30. The zero-order chi connectivity index (χ0) is 11.9. The number of nitrogens with one attached hydrogen (secondary N) is 1. The molecule has 0 unspecified atom stereocenters. The predicted octanol–water partition coefficient (Wildman–Crippen LogP) is 2.65. The molecule has 92 valence electrons. The first-order valence-electron chi connectivity index (χ1n) is 6.20. The van der Waals surface area contributed by atoms with Crippen molar-refractivity contribution in [1.29, 1.82) is 0 Å². The fourth-order valence-electron chi connectivity index (χ4n) is 2.00. The largest absolute Gasteiger partial charge is 0.315 e. The summed E-state index contributed by atoms with van der Waals surface area (Å²) in [6.45, 7) is 5.62. The molecule has 1 aliphatic heterocycles. The average Bonchev–Trinajstić information content (AvgIpc) is 2.60. The van der Waals surface area contributed by atoms with E-state index in [4.69, 9.17) is 11.6 Å². The molecule has 1 aliphatic rings. The number of hydrogen-bond acceptors (Lipinski definition) is 2. The van der Waals surface area contributed by atoms with Crippen LogP contribution >= 0.6 is 11.6 Å². The van der Waals surface area contributed by atoms with E-state index in [1.165, 1.54) is 18.5 Å². The maximum absolute atomic E-state index is 5.85. The number of benzene rings is 1. The molecule has 0 amide bonds. The van der Waals surface area contributed by atoms with Crippen LogP contribution in [-0.4, -0.2) is 37.6 Å². The van der Waals surface area contributed by atoms with Crippen molar-refractivity contribution >= 4 is 17.7 Å². The Hall–Kier alpha value is -0.830. The van der Waals surface area contributed by atoms with Gasteiger partial charge in [-0.05, 0) is 37.2 Å². The van der Waals surface area contributed by atoms with Gasteiger partial charge in [-0.3, -0.25) is 4.90 Å².